The maximum Gasteiger partial charge on any atom is 0.407 e. The highest BCUT2D eigenvalue weighted by molar-refractivity contribution is 5.95. The molecule has 2 N–H and O–H groups in total. The topological polar surface area (TPSA) is 123 Å². The number of rotatable bonds is 6. The molecule has 41 heavy (non-hydrogen) atoms. The van der Waals surface area contributed by atoms with E-state index in [2.05, 4.69) is 22.4 Å². The molecule has 0 spiro atoms. The Hall–Kier alpha value is -4.54. The number of nitrogens with zero attached hydrogens (tertiary/aromatic N) is 6. The molecule has 0 aliphatic carbocycles. The molecule has 4 heterocycles. The molecule has 1 aromatic heterocycles. The number of phenols is 1. The summed E-state index contributed by atoms with van der Waals surface area (Å²) in [5.41, 5.74) is 2.89. The number of anilines is 2. The molecule has 3 aromatic rings. The summed E-state index contributed by atoms with van der Waals surface area (Å²) in [5.74, 6) is 1.06. The van der Waals surface area contributed by atoms with E-state index in [1.54, 1.807) is 17.0 Å². The number of amides is 2. The second kappa shape index (κ2) is 11.1. The Labute approximate surface area is 238 Å². The Balaban J connectivity index is 1.29. The van der Waals surface area contributed by atoms with Crippen molar-refractivity contribution in [3.8, 4) is 11.8 Å². The van der Waals surface area contributed by atoms with Crippen molar-refractivity contribution >= 4 is 34.3 Å². The molecule has 2 fully saturated rings. The minimum Gasteiger partial charge on any atom is -0.508 e. The molecule has 2 amide bonds. The highest BCUT2D eigenvalue weighted by Crippen LogP contribution is 2.36. The Morgan fingerprint density at radius 1 is 1.02 bits per heavy atom. The number of hydrogen-bond donors (Lipinski definition) is 2. The molecule has 11 nitrogen and oxygen atoms in total. The molecule has 0 radical (unpaired) electrons. The molecule has 2 aromatic carbocycles. The first-order valence-electron chi connectivity index (χ1n) is 14.0. The Morgan fingerprint density at radius 2 is 1.83 bits per heavy atom. The number of benzene rings is 2. The lowest BCUT2D eigenvalue weighted by Crippen LogP contribution is -2.49. The van der Waals surface area contributed by atoms with E-state index in [0.29, 0.717) is 52.4 Å². The second-order valence-corrected chi connectivity index (χ2v) is 10.8. The van der Waals surface area contributed by atoms with Crippen molar-refractivity contribution in [2.45, 2.75) is 19.4 Å². The van der Waals surface area contributed by atoms with Gasteiger partial charge < -0.3 is 34.5 Å². The van der Waals surface area contributed by atoms with Gasteiger partial charge in [-0.25, -0.2) is 4.79 Å². The summed E-state index contributed by atoms with van der Waals surface area (Å²) in [6.07, 6.45) is 1.90. The highest BCUT2D eigenvalue weighted by Gasteiger charge is 2.30. The van der Waals surface area contributed by atoms with Crippen molar-refractivity contribution in [1.29, 1.82) is 0 Å². The van der Waals surface area contributed by atoms with Crippen molar-refractivity contribution in [2.75, 3.05) is 62.2 Å². The van der Waals surface area contributed by atoms with E-state index in [9.17, 15) is 19.8 Å². The van der Waals surface area contributed by atoms with E-state index in [-0.39, 0.29) is 23.6 Å². The number of aromatic hydroxyl groups is 1. The standard InChI is InChI=1S/C30H34N6O5/c1-2-27(38)33-11-13-34(14-12-33)28-24-8-10-35(26-16-22(37)15-21-5-3-4-6-23(21)26)18-25(24)31-29(32-28)41-19-20-7-9-36(17-20)30(39)40/h2-6,15-16,20,37H,1,7-14,17-19H2,(H,39,40)/t20-/m0/s1. The van der Waals surface area contributed by atoms with Gasteiger partial charge in [0.1, 0.15) is 11.6 Å². The third-order valence-electron chi connectivity index (χ3n) is 8.26. The molecular weight excluding hydrogens is 524 g/mol. The fourth-order valence-corrected chi connectivity index (χ4v) is 6.06. The second-order valence-electron chi connectivity index (χ2n) is 10.8. The van der Waals surface area contributed by atoms with E-state index in [0.717, 1.165) is 52.9 Å². The summed E-state index contributed by atoms with van der Waals surface area (Å²) in [7, 11) is 0. The minimum absolute atomic E-state index is 0.0701. The number of fused-ring (bicyclic) bond motifs is 2. The quantitative estimate of drug-likeness (QED) is 0.440. The fourth-order valence-electron chi connectivity index (χ4n) is 6.06. The third kappa shape index (κ3) is 5.44. The van der Waals surface area contributed by atoms with Gasteiger partial charge >= 0.3 is 12.1 Å². The third-order valence-corrected chi connectivity index (χ3v) is 8.26. The van der Waals surface area contributed by atoms with Gasteiger partial charge in [0.2, 0.25) is 5.91 Å². The maximum atomic E-state index is 12.1. The van der Waals surface area contributed by atoms with Crippen LogP contribution in [0.5, 0.6) is 11.8 Å². The van der Waals surface area contributed by atoms with Gasteiger partial charge in [0.05, 0.1) is 18.8 Å². The molecule has 6 rings (SSSR count). The molecule has 214 valence electrons. The van der Waals surface area contributed by atoms with Crippen LogP contribution in [0.4, 0.5) is 16.3 Å². The molecule has 3 aliphatic rings. The van der Waals surface area contributed by atoms with Crippen LogP contribution in [0.2, 0.25) is 0 Å². The largest absolute Gasteiger partial charge is 0.508 e. The van der Waals surface area contributed by atoms with E-state index in [4.69, 9.17) is 14.7 Å². The Kier molecular flexibility index (Phi) is 7.25. The fraction of sp³-hybridized carbons (Fsp3) is 0.400. The molecule has 11 heteroatoms. The zero-order valence-electron chi connectivity index (χ0n) is 22.9. The first-order valence-corrected chi connectivity index (χ1v) is 14.0. The predicted octanol–water partition coefficient (Wildman–Crippen LogP) is 3.11. The van der Waals surface area contributed by atoms with Crippen molar-refractivity contribution in [3.05, 3.63) is 60.3 Å². The summed E-state index contributed by atoms with van der Waals surface area (Å²) in [4.78, 5) is 40.8. The van der Waals surface area contributed by atoms with Gasteiger partial charge in [-0.15, -0.1) is 0 Å². The van der Waals surface area contributed by atoms with Crippen LogP contribution in [0, 0.1) is 5.92 Å². The number of likely N-dealkylation sites (tertiary alicyclic amines) is 1. The molecule has 3 aliphatic heterocycles. The molecule has 1 atom stereocenters. The number of carboxylic acid groups (broad SMARTS) is 1. The summed E-state index contributed by atoms with van der Waals surface area (Å²) >= 11 is 0. The summed E-state index contributed by atoms with van der Waals surface area (Å²) < 4.78 is 6.12. The van der Waals surface area contributed by atoms with Crippen molar-refractivity contribution in [2.24, 2.45) is 5.92 Å². The average Bonchev–Trinajstić information content (AvgIpc) is 3.48. The number of phenolic OH excluding ortho intramolecular Hbond substituents is 1. The average molecular weight is 559 g/mol. The number of piperazine rings is 1. The smallest absolute Gasteiger partial charge is 0.407 e. The van der Waals surface area contributed by atoms with E-state index in [1.807, 2.05) is 18.2 Å². The first-order chi connectivity index (χ1) is 19.9. The maximum absolute atomic E-state index is 12.1. The first kappa shape index (κ1) is 26.7. The van der Waals surface area contributed by atoms with Crippen molar-refractivity contribution < 1.29 is 24.5 Å². The van der Waals surface area contributed by atoms with Crippen LogP contribution in [-0.4, -0.2) is 94.4 Å². The van der Waals surface area contributed by atoms with Crippen LogP contribution >= 0.6 is 0 Å². The molecule has 2 saturated heterocycles. The normalized spacial score (nSPS) is 18.9. The Morgan fingerprint density at radius 3 is 2.59 bits per heavy atom. The zero-order valence-corrected chi connectivity index (χ0v) is 22.9. The van der Waals surface area contributed by atoms with Crippen LogP contribution in [0.25, 0.3) is 10.8 Å². The molecule has 0 unspecified atom stereocenters. The van der Waals surface area contributed by atoms with Crippen LogP contribution < -0.4 is 14.5 Å². The van der Waals surface area contributed by atoms with E-state index < -0.39 is 6.09 Å². The summed E-state index contributed by atoms with van der Waals surface area (Å²) in [5, 5.41) is 21.8. The van der Waals surface area contributed by atoms with Gasteiger partial charge in [-0.05, 0) is 30.4 Å². The SMILES string of the molecule is C=CC(=O)N1CCN(c2nc(OC[C@H]3CCN(C(=O)O)C3)nc3c2CCN(c2cc(O)cc4ccccc24)C3)CC1. The predicted molar refractivity (Wildman–Crippen MR) is 155 cm³/mol. The lowest BCUT2D eigenvalue weighted by Gasteiger charge is -2.38. The van der Waals surface area contributed by atoms with Crippen LogP contribution in [-0.2, 0) is 17.8 Å². The van der Waals surface area contributed by atoms with Gasteiger partial charge in [-0.2, -0.15) is 9.97 Å². The van der Waals surface area contributed by atoms with Crippen LogP contribution in [0.3, 0.4) is 0 Å². The van der Waals surface area contributed by atoms with Gasteiger partial charge in [0, 0.05) is 74.4 Å². The lowest BCUT2D eigenvalue weighted by molar-refractivity contribution is -0.126. The van der Waals surface area contributed by atoms with Gasteiger partial charge in [0.15, 0.2) is 0 Å². The number of ether oxygens (including phenoxy) is 1. The summed E-state index contributed by atoms with van der Waals surface area (Å²) in [6, 6.07) is 11.9. The van der Waals surface area contributed by atoms with Crippen LogP contribution in [0.15, 0.2) is 49.1 Å². The van der Waals surface area contributed by atoms with E-state index >= 15 is 0 Å². The van der Waals surface area contributed by atoms with Crippen LogP contribution in [0.1, 0.15) is 17.7 Å². The lowest BCUT2D eigenvalue weighted by atomic mass is 10.0. The van der Waals surface area contributed by atoms with Gasteiger partial charge in [-0.3, -0.25) is 4.79 Å². The van der Waals surface area contributed by atoms with Crippen molar-refractivity contribution in [1.82, 2.24) is 19.8 Å². The monoisotopic (exact) mass is 558 g/mol. The zero-order chi connectivity index (χ0) is 28.5. The molecule has 0 bridgehead atoms. The highest BCUT2D eigenvalue weighted by atomic mass is 16.5. The summed E-state index contributed by atoms with van der Waals surface area (Å²) in [6.45, 7) is 8.58. The number of carbonyl (C=O) groups excluding carboxylic acids is 1. The molecule has 0 saturated carbocycles. The van der Waals surface area contributed by atoms with E-state index in [1.165, 1.54) is 11.0 Å². The minimum atomic E-state index is -0.909. The Bertz CT molecular complexity index is 1490. The number of carbonyl (C=O) groups is 2. The van der Waals surface area contributed by atoms with Gasteiger partial charge in [0.25, 0.3) is 0 Å². The van der Waals surface area contributed by atoms with Crippen molar-refractivity contribution in [3.63, 3.8) is 0 Å². The molecular formula is C30H34N6O5. The van der Waals surface area contributed by atoms with Gasteiger partial charge in [-0.1, -0.05) is 30.8 Å². The number of hydrogen-bond acceptors (Lipinski definition) is 8. The number of aromatic nitrogens is 2.